The summed E-state index contributed by atoms with van der Waals surface area (Å²) in [6.07, 6.45) is 6.77. The van der Waals surface area contributed by atoms with Crippen LogP contribution in [-0.4, -0.2) is 43.8 Å². The first-order valence-electron chi connectivity index (χ1n) is 7.12. The summed E-state index contributed by atoms with van der Waals surface area (Å²) in [5.41, 5.74) is 6.09. The fourth-order valence-electron chi connectivity index (χ4n) is 2.68. The molecule has 0 aromatic rings. The second-order valence-corrected chi connectivity index (χ2v) is 5.83. The van der Waals surface area contributed by atoms with Gasteiger partial charge in [-0.3, -0.25) is 4.90 Å². The maximum Gasteiger partial charge on any atom is 0.0626 e. The van der Waals surface area contributed by atoms with E-state index >= 15 is 0 Å². The van der Waals surface area contributed by atoms with E-state index < -0.39 is 0 Å². The first-order valence-corrected chi connectivity index (χ1v) is 7.12. The summed E-state index contributed by atoms with van der Waals surface area (Å²) in [5.74, 6) is 0.776. The van der Waals surface area contributed by atoms with E-state index in [9.17, 15) is 0 Å². The van der Waals surface area contributed by atoms with Gasteiger partial charge in [0.05, 0.1) is 6.61 Å². The number of ether oxygens (including phenoxy) is 1. The van der Waals surface area contributed by atoms with Gasteiger partial charge in [0.25, 0.3) is 0 Å². The normalized spacial score (nSPS) is 19.4. The highest BCUT2D eigenvalue weighted by molar-refractivity contribution is 4.80. The third-order valence-corrected chi connectivity index (χ3v) is 3.68. The van der Waals surface area contributed by atoms with Crippen LogP contribution in [0.5, 0.6) is 0 Å². The lowest BCUT2D eigenvalue weighted by atomic mass is 10.1. The van der Waals surface area contributed by atoms with Crippen molar-refractivity contribution < 1.29 is 4.74 Å². The van der Waals surface area contributed by atoms with E-state index in [1.807, 2.05) is 0 Å². The average Bonchev–Trinajstić information content (AvgIpc) is 2.77. The van der Waals surface area contributed by atoms with E-state index in [1.165, 1.54) is 38.6 Å². The highest BCUT2D eigenvalue weighted by Gasteiger charge is 2.23. The van der Waals surface area contributed by atoms with Crippen LogP contribution in [0.1, 0.15) is 46.0 Å². The number of rotatable bonds is 8. The number of methoxy groups -OCH3 is 1. The number of hydrogen-bond donors (Lipinski definition) is 1. The summed E-state index contributed by atoms with van der Waals surface area (Å²) in [6.45, 7) is 7.44. The van der Waals surface area contributed by atoms with Crippen LogP contribution in [0.3, 0.4) is 0 Å². The second kappa shape index (κ2) is 8.06. The molecule has 1 saturated carbocycles. The molecular formula is C14H30N2O. The molecule has 3 heteroatoms. The van der Waals surface area contributed by atoms with E-state index in [1.54, 1.807) is 7.11 Å². The zero-order valence-electron chi connectivity index (χ0n) is 11.8. The Morgan fingerprint density at radius 1 is 1.29 bits per heavy atom. The van der Waals surface area contributed by atoms with Crippen LogP contribution >= 0.6 is 0 Å². The molecule has 1 unspecified atom stereocenters. The van der Waals surface area contributed by atoms with E-state index in [4.69, 9.17) is 10.5 Å². The maximum atomic E-state index is 6.09. The van der Waals surface area contributed by atoms with E-state index in [0.29, 0.717) is 6.61 Å². The Bertz CT molecular complexity index is 191. The second-order valence-electron chi connectivity index (χ2n) is 5.83. The van der Waals surface area contributed by atoms with E-state index in [2.05, 4.69) is 18.7 Å². The average molecular weight is 242 g/mol. The zero-order valence-corrected chi connectivity index (χ0v) is 11.8. The van der Waals surface area contributed by atoms with Crippen LogP contribution in [0.2, 0.25) is 0 Å². The summed E-state index contributed by atoms with van der Waals surface area (Å²) in [6, 6.07) is 0.935. The molecule has 1 aliphatic rings. The lowest BCUT2D eigenvalue weighted by Gasteiger charge is -2.31. The molecule has 17 heavy (non-hydrogen) atoms. The molecule has 0 spiro atoms. The van der Waals surface area contributed by atoms with E-state index in [-0.39, 0.29) is 6.04 Å². The largest absolute Gasteiger partial charge is 0.383 e. The minimum Gasteiger partial charge on any atom is -0.383 e. The number of nitrogens with two attached hydrogens (primary N) is 1. The summed E-state index contributed by atoms with van der Waals surface area (Å²) in [7, 11) is 1.73. The van der Waals surface area contributed by atoms with Crippen molar-refractivity contribution in [2.75, 3.05) is 26.8 Å². The lowest BCUT2D eigenvalue weighted by molar-refractivity contribution is 0.129. The van der Waals surface area contributed by atoms with Gasteiger partial charge >= 0.3 is 0 Å². The SMILES string of the molecule is COCC(N)CN(CCC(C)C)C1CCCC1. The van der Waals surface area contributed by atoms with Gasteiger partial charge in [0.15, 0.2) is 0 Å². The summed E-state index contributed by atoms with van der Waals surface area (Å²) in [4.78, 5) is 2.61. The van der Waals surface area contributed by atoms with Gasteiger partial charge in [0.1, 0.15) is 0 Å². The van der Waals surface area contributed by atoms with Crippen molar-refractivity contribution in [2.45, 2.75) is 58.0 Å². The van der Waals surface area contributed by atoms with E-state index in [0.717, 1.165) is 18.5 Å². The third-order valence-electron chi connectivity index (χ3n) is 3.68. The third kappa shape index (κ3) is 5.84. The molecule has 3 nitrogen and oxygen atoms in total. The predicted octanol–water partition coefficient (Wildman–Crippen LogP) is 2.25. The monoisotopic (exact) mass is 242 g/mol. The molecule has 1 fully saturated rings. The van der Waals surface area contributed by atoms with Crippen molar-refractivity contribution in [3.8, 4) is 0 Å². The molecule has 0 radical (unpaired) electrons. The fourth-order valence-corrected chi connectivity index (χ4v) is 2.68. The summed E-state index contributed by atoms with van der Waals surface area (Å²) in [5, 5.41) is 0. The molecule has 2 N–H and O–H groups in total. The van der Waals surface area contributed by atoms with Crippen LogP contribution in [-0.2, 0) is 4.74 Å². The number of nitrogens with zero attached hydrogens (tertiary/aromatic N) is 1. The molecule has 0 heterocycles. The Labute approximate surface area is 107 Å². The van der Waals surface area contributed by atoms with Gasteiger partial charge in [0.2, 0.25) is 0 Å². The topological polar surface area (TPSA) is 38.5 Å². The lowest BCUT2D eigenvalue weighted by Crippen LogP contribution is -2.45. The fraction of sp³-hybridized carbons (Fsp3) is 1.00. The smallest absolute Gasteiger partial charge is 0.0626 e. The molecule has 0 bridgehead atoms. The van der Waals surface area contributed by atoms with Gasteiger partial charge in [-0.1, -0.05) is 26.7 Å². The van der Waals surface area contributed by atoms with Crippen LogP contribution in [0, 0.1) is 5.92 Å². The molecule has 1 atom stereocenters. The Balaban J connectivity index is 2.39. The van der Waals surface area contributed by atoms with Gasteiger partial charge in [-0.25, -0.2) is 0 Å². The molecule has 0 aromatic heterocycles. The van der Waals surface area contributed by atoms with Gasteiger partial charge < -0.3 is 10.5 Å². The molecule has 0 aromatic carbocycles. The van der Waals surface area contributed by atoms with Crippen molar-refractivity contribution in [2.24, 2.45) is 11.7 Å². The molecule has 0 amide bonds. The molecule has 0 aliphatic heterocycles. The van der Waals surface area contributed by atoms with Crippen LogP contribution in [0.4, 0.5) is 0 Å². The predicted molar refractivity (Wildman–Crippen MR) is 73.1 cm³/mol. The molecule has 0 saturated heterocycles. The number of hydrogen-bond acceptors (Lipinski definition) is 3. The molecule has 1 rings (SSSR count). The highest BCUT2D eigenvalue weighted by atomic mass is 16.5. The van der Waals surface area contributed by atoms with Gasteiger partial charge in [-0.2, -0.15) is 0 Å². The quantitative estimate of drug-likeness (QED) is 0.709. The first-order chi connectivity index (χ1) is 8.13. The first kappa shape index (κ1) is 14.9. The van der Waals surface area contributed by atoms with Gasteiger partial charge in [0, 0.05) is 25.7 Å². The van der Waals surface area contributed by atoms with Gasteiger partial charge in [-0.05, 0) is 31.7 Å². The van der Waals surface area contributed by atoms with Crippen LogP contribution in [0.25, 0.3) is 0 Å². The van der Waals surface area contributed by atoms with Gasteiger partial charge in [-0.15, -0.1) is 0 Å². The van der Waals surface area contributed by atoms with Crippen molar-refractivity contribution in [1.82, 2.24) is 4.90 Å². The Hall–Kier alpha value is -0.120. The molecule has 102 valence electrons. The highest BCUT2D eigenvalue weighted by Crippen LogP contribution is 2.24. The molecule has 1 aliphatic carbocycles. The molecular weight excluding hydrogens is 212 g/mol. The minimum atomic E-state index is 0.160. The minimum absolute atomic E-state index is 0.160. The van der Waals surface area contributed by atoms with Crippen LogP contribution < -0.4 is 5.73 Å². The van der Waals surface area contributed by atoms with Crippen molar-refractivity contribution in [3.63, 3.8) is 0 Å². The maximum absolute atomic E-state index is 6.09. The van der Waals surface area contributed by atoms with Crippen LogP contribution in [0.15, 0.2) is 0 Å². The van der Waals surface area contributed by atoms with Crippen molar-refractivity contribution in [1.29, 1.82) is 0 Å². The Morgan fingerprint density at radius 2 is 1.94 bits per heavy atom. The van der Waals surface area contributed by atoms with Crippen molar-refractivity contribution >= 4 is 0 Å². The Kier molecular flexibility index (Phi) is 7.09. The van der Waals surface area contributed by atoms with Crippen molar-refractivity contribution in [3.05, 3.63) is 0 Å². The summed E-state index contributed by atoms with van der Waals surface area (Å²) >= 11 is 0. The Morgan fingerprint density at radius 3 is 2.47 bits per heavy atom. The summed E-state index contributed by atoms with van der Waals surface area (Å²) < 4.78 is 5.14. The standard InChI is InChI=1S/C14H30N2O/c1-12(2)8-9-16(10-13(15)11-17-3)14-6-4-5-7-14/h12-14H,4-11,15H2,1-3H3. The zero-order chi connectivity index (χ0) is 12.7.